The molecule has 22 heavy (non-hydrogen) atoms. The molecule has 0 unspecified atom stereocenters. The first-order valence-electron chi connectivity index (χ1n) is 9.98. The standard InChI is InChI=1S/C20H36F2/c1-2-3-4-5-6-7-16-8-10-17(11-9-16)18-12-14-19(15-13-18)20(21)22/h16-20H,2-15H2,1H3/t16-,17-,18-,19-. The van der Waals surface area contributed by atoms with Crippen LogP contribution in [-0.4, -0.2) is 6.43 Å². The Balaban J connectivity index is 1.57. The quantitative estimate of drug-likeness (QED) is 0.415. The summed E-state index contributed by atoms with van der Waals surface area (Å²) in [5.74, 6) is 2.29. The van der Waals surface area contributed by atoms with Crippen LogP contribution in [0.3, 0.4) is 0 Å². The average molecular weight is 315 g/mol. The molecule has 0 spiro atoms. The van der Waals surface area contributed by atoms with Gasteiger partial charge in [-0.25, -0.2) is 8.78 Å². The van der Waals surface area contributed by atoms with Gasteiger partial charge in [0.25, 0.3) is 0 Å². The molecule has 130 valence electrons. The number of rotatable bonds is 8. The van der Waals surface area contributed by atoms with E-state index in [9.17, 15) is 8.78 Å². The van der Waals surface area contributed by atoms with Crippen LogP contribution in [0.2, 0.25) is 0 Å². The van der Waals surface area contributed by atoms with Crippen LogP contribution in [0.25, 0.3) is 0 Å². The van der Waals surface area contributed by atoms with E-state index in [0.29, 0.717) is 0 Å². The lowest BCUT2D eigenvalue weighted by molar-refractivity contribution is 0.0339. The normalized spacial score (nSPS) is 33.3. The van der Waals surface area contributed by atoms with Crippen molar-refractivity contribution in [2.24, 2.45) is 23.7 Å². The van der Waals surface area contributed by atoms with Gasteiger partial charge in [0.05, 0.1) is 0 Å². The third-order valence-corrected chi connectivity index (χ3v) is 6.45. The maximum absolute atomic E-state index is 12.7. The van der Waals surface area contributed by atoms with Gasteiger partial charge in [-0.15, -0.1) is 0 Å². The molecule has 0 aliphatic heterocycles. The van der Waals surface area contributed by atoms with E-state index in [1.165, 1.54) is 64.2 Å². The van der Waals surface area contributed by atoms with Gasteiger partial charge in [0.1, 0.15) is 0 Å². The zero-order chi connectivity index (χ0) is 15.8. The first kappa shape index (κ1) is 18.2. The van der Waals surface area contributed by atoms with E-state index in [2.05, 4.69) is 6.92 Å². The van der Waals surface area contributed by atoms with Gasteiger partial charge in [0.2, 0.25) is 6.43 Å². The maximum atomic E-state index is 12.7. The number of alkyl halides is 2. The summed E-state index contributed by atoms with van der Waals surface area (Å²) in [4.78, 5) is 0. The van der Waals surface area contributed by atoms with Crippen molar-refractivity contribution in [2.45, 2.75) is 103 Å². The summed E-state index contributed by atoms with van der Waals surface area (Å²) in [6, 6.07) is 0. The van der Waals surface area contributed by atoms with Crippen molar-refractivity contribution in [3.63, 3.8) is 0 Å². The molecular formula is C20H36F2. The Morgan fingerprint density at radius 1 is 0.727 bits per heavy atom. The van der Waals surface area contributed by atoms with E-state index < -0.39 is 6.43 Å². The van der Waals surface area contributed by atoms with Gasteiger partial charge in [0.15, 0.2) is 0 Å². The molecular weight excluding hydrogens is 278 g/mol. The minimum atomic E-state index is -2.08. The molecule has 2 saturated carbocycles. The van der Waals surface area contributed by atoms with E-state index in [1.54, 1.807) is 0 Å². The van der Waals surface area contributed by atoms with Crippen LogP contribution in [-0.2, 0) is 0 Å². The van der Waals surface area contributed by atoms with Crippen LogP contribution >= 0.6 is 0 Å². The summed E-state index contributed by atoms with van der Waals surface area (Å²) in [5.41, 5.74) is 0. The Labute approximate surface area is 136 Å². The number of hydrogen-bond donors (Lipinski definition) is 0. The first-order chi connectivity index (χ1) is 10.7. The fraction of sp³-hybridized carbons (Fsp3) is 1.00. The van der Waals surface area contributed by atoms with Crippen LogP contribution in [0.4, 0.5) is 8.78 Å². The Kier molecular flexibility index (Phi) is 8.17. The lowest BCUT2D eigenvalue weighted by atomic mass is 9.68. The van der Waals surface area contributed by atoms with Crippen molar-refractivity contribution >= 4 is 0 Å². The summed E-state index contributed by atoms with van der Waals surface area (Å²) >= 11 is 0. The molecule has 2 heteroatoms. The summed E-state index contributed by atoms with van der Waals surface area (Å²) in [5, 5.41) is 0. The summed E-state index contributed by atoms with van der Waals surface area (Å²) in [6.07, 6.45) is 15.6. The van der Waals surface area contributed by atoms with Crippen LogP contribution in [0.1, 0.15) is 96.8 Å². The second-order valence-electron chi connectivity index (χ2n) is 7.99. The van der Waals surface area contributed by atoms with Crippen LogP contribution < -0.4 is 0 Å². The predicted molar refractivity (Wildman–Crippen MR) is 90.3 cm³/mol. The molecule has 0 aromatic rings. The Morgan fingerprint density at radius 3 is 1.82 bits per heavy atom. The second-order valence-corrected chi connectivity index (χ2v) is 7.99. The fourth-order valence-corrected chi connectivity index (χ4v) is 4.85. The van der Waals surface area contributed by atoms with Crippen LogP contribution in [0, 0.1) is 23.7 Å². The van der Waals surface area contributed by atoms with E-state index in [4.69, 9.17) is 0 Å². The van der Waals surface area contributed by atoms with Crippen molar-refractivity contribution in [3.8, 4) is 0 Å². The van der Waals surface area contributed by atoms with Crippen molar-refractivity contribution < 1.29 is 8.78 Å². The summed E-state index contributed by atoms with van der Waals surface area (Å²) in [7, 11) is 0. The van der Waals surface area contributed by atoms with Crippen molar-refractivity contribution in [1.29, 1.82) is 0 Å². The molecule has 0 nitrogen and oxygen atoms in total. The molecule has 0 N–H and O–H groups in total. The van der Waals surface area contributed by atoms with Gasteiger partial charge in [0, 0.05) is 5.92 Å². The molecule has 0 saturated heterocycles. The molecule has 0 atom stereocenters. The van der Waals surface area contributed by atoms with E-state index in [1.807, 2.05) is 0 Å². The molecule has 0 heterocycles. The minimum Gasteiger partial charge on any atom is -0.210 e. The lowest BCUT2D eigenvalue weighted by Crippen LogP contribution is -2.27. The molecule has 2 rings (SSSR count). The second kappa shape index (κ2) is 9.88. The van der Waals surface area contributed by atoms with Crippen LogP contribution in [0.15, 0.2) is 0 Å². The van der Waals surface area contributed by atoms with Crippen molar-refractivity contribution in [1.82, 2.24) is 0 Å². The molecule has 0 bridgehead atoms. The van der Waals surface area contributed by atoms with Gasteiger partial charge < -0.3 is 0 Å². The Bertz CT molecular complexity index is 273. The summed E-state index contributed by atoms with van der Waals surface area (Å²) < 4.78 is 25.5. The fourth-order valence-electron chi connectivity index (χ4n) is 4.85. The van der Waals surface area contributed by atoms with Crippen LogP contribution in [0.5, 0.6) is 0 Å². The van der Waals surface area contributed by atoms with E-state index in [-0.39, 0.29) is 5.92 Å². The third-order valence-electron chi connectivity index (χ3n) is 6.45. The highest BCUT2D eigenvalue weighted by Crippen LogP contribution is 2.43. The van der Waals surface area contributed by atoms with E-state index in [0.717, 1.165) is 43.4 Å². The molecule has 0 radical (unpaired) electrons. The molecule has 0 aromatic carbocycles. The summed E-state index contributed by atoms with van der Waals surface area (Å²) in [6.45, 7) is 2.27. The Hall–Kier alpha value is -0.140. The highest BCUT2D eigenvalue weighted by molar-refractivity contribution is 4.82. The zero-order valence-corrected chi connectivity index (χ0v) is 14.5. The highest BCUT2D eigenvalue weighted by atomic mass is 19.3. The minimum absolute atomic E-state index is 0.296. The van der Waals surface area contributed by atoms with Gasteiger partial charge in [-0.3, -0.25) is 0 Å². The SMILES string of the molecule is CCCCCCC[C@H]1CC[C@H]([C@H]2CC[C@H](C(F)F)CC2)CC1. The molecule has 2 fully saturated rings. The maximum Gasteiger partial charge on any atom is 0.241 e. The third kappa shape index (κ3) is 5.81. The highest BCUT2D eigenvalue weighted by Gasteiger charge is 2.33. The lowest BCUT2D eigenvalue weighted by Gasteiger charge is -2.37. The van der Waals surface area contributed by atoms with Crippen molar-refractivity contribution in [2.75, 3.05) is 0 Å². The molecule has 0 amide bonds. The molecule has 0 aromatic heterocycles. The molecule has 2 aliphatic carbocycles. The van der Waals surface area contributed by atoms with Crippen molar-refractivity contribution in [3.05, 3.63) is 0 Å². The average Bonchev–Trinajstić information content (AvgIpc) is 2.55. The number of hydrogen-bond acceptors (Lipinski definition) is 0. The van der Waals surface area contributed by atoms with Gasteiger partial charge in [-0.1, -0.05) is 58.3 Å². The number of halogens is 2. The Morgan fingerprint density at radius 2 is 1.27 bits per heavy atom. The van der Waals surface area contributed by atoms with E-state index >= 15 is 0 Å². The smallest absolute Gasteiger partial charge is 0.210 e. The largest absolute Gasteiger partial charge is 0.241 e. The zero-order valence-electron chi connectivity index (χ0n) is 14.5. The van der Waals surface area contributed by atoms with Gasteiger partial charge in [-0.05, 0) is 56.3 Å². The number of unbranched alkanes of at least 4 members (excludes halogenated alkanes) is 4. The monoisotopic (exact) mass is 314 g/mol. The molecule has 2 aliphatic rings. The topological polar surface area (TPSA) is 0 Å². The van der Waals surface area contributed by atoms with Gasteiger partial charge in [-0.2, -0.15) is 0 Å². The van der Waals surface area contributed by atoms with Gasteiger partial charge >= 0.3 is 0 Å². The predicted octanol–water partition coefficient (Wildman–Crippen LogP) is 7.22. The first-order valence-corrected chi connectivity index (χ1v) is 9.98.